The molecule has 0 aliphatic carbocycles. The van der Waals surface area contributed by atoms with Crippen molar-refractivity contribution in [3.63, 3.8) is 0 Å². The van der Waals surface area contributed by atoms with E-state index < -0.39 is 0 Å². The maximum atomic E-state index is 8.99. The lowest BCUT2D eigenvalue weighted by atomic mass is 9.97. The first-order chi connectivity index (χ1) is 9.35. The molecular formula is C16H25NO2. The number of fused-ring (bicyclic) bond motifs is 1. The molecule has 1 aliphatic heterocycles. The highest BCUT2D eigenvalue weighted by molar-refractivity contribution is 5.31. The minimum Gasteiger partial charge on any atom is -0.396 e. The second-order valence-corrected chi connectivity index (χ2v) is 5.25. The Morgan fingerprint density at radius 1 is 1.42 bits per heavy atom. The summed E-state index contributed by atoms with van der Waals surface area (Å²) in [6.45, 7) is 5.09. The van der Waals surface area contributed by atoms with Crippen LogP contribution in [0.2, 0.25) is 0 Å². The summed E-state index contributed by atoms with van der Waals surface area (Å²) in [4.78, 5) is 0. The van der Waals surface area contributed by atoms with Crippen LogP contribution in [0.1, 0.15) is 37.0 Å². The summed E-state index contributed by atoms with van der Waals surface area (Å²) >= 11 is 0. The molecule has 0 bridgehead atoms. The van der Waals surface area contributed by atoms with Gasteiger partial charge in [0.2, 0.25) is 0 Å². The van der Waals surface area contributed by atoms with Crippen molar-refractivity contribution in [1.82, 2.24) is 5.32 Å². The molecule has 2 N–H and O–H groups in total. The van der Waals surface area contributed by atoms with Gasteiger partial charge >= 0.3 is 0 Å². The van der Waals surface area contributed by atoms with E-state index in [1.54, 1.807) is 0 Å². The number of rotatable bonds is 7. The van der Waals surface area contributed by atoms with E-state index >= 15 is 0 Å². The van der Waals surface area contributed by atoms with Crippen LogP contribution >= 0.6 is 0 Å². The van der Waals surface area contributed by atoms with E-state index in [4.69, 9.17) is 9.84 Å². The fraction of sp³-hybridized carbons (Fsp3) is 0.625. The highest BCUT2D eigenvalue weighted by atomic mass is 16.5. The highest BCUT2D eigenvalue weighted by Gasteiger charge is 2.20. The first kappa shape index (κ1) is 14.5. The van der Waals surface area contributed by atoms with Crippen molar-refractivity contribution in [2.75, 3.05) is 26.3 Å². The van der Waals surface area contributed by atoms with Crippen molar-refractivity contribution < 1.29 is 9.84 Å². The molecular weight excluding hydrogens is 238 g/mol. The summed E-state index contributed by atoms with van der Waals surface area (Å²) in [6, 6.07) is 8.56. The molecule has 1 aliphatic rings. The van der Waals surface area contributed by atoms with Crippen molar-refractivity contribution in [2.24, 2.45) is 5.92 Å². The molecule has 3 heteroatoms. The lowest BCUT2D eigenvalue weighted by Crippen LogP contribution is -2.31. The average Bonchev–Trinajstić information content (AvgIpc) is 2.46. The van der Waals surface area contributed by atoms with Gasteiger partial charge in [-0.2, -0.15) is 0 Å². The molecule has 3 nitrogen and oxygen atoms in total. The van der Waals surface area contributed by atoms with Crippen molar-refractivity contribution in [1.29, 1.82) is 0 Å². The number of hydrogen-bond acceptors (Lipinski definition) is 3. The number of aliphatic hydroxyl groups excluding tert-OH is 1. The van der Waals surface area contributed by atoms with Crippen LogP contribution in [0.15, 0.2) is 24.3 Å². The molecule has 0 amide bonds. The zero-order valence-electron chi connectivity index (χ0n) is 11.8. The Morgan fingerprint density at radius 2 is 2.26 bits per heavy atom. The first-order valence-electron chi connectivity index (χ1n) is 7.36. The van der Waals surface area contributed by atoms with Crippen molar-refractivity contribution in [3.05, 3.63) is 35.4 Å². The SMILES string of the molecule is CCC(CCO)CNCC1OCCc2ccccc21. The number of ether oxygens (including phenoxy) is 1. The third kappa shape index (κ3) is 4.03. The van der Waals surface area contributed by atoms with E-state index in [2.05, 4.69) is 36.5 Å². The van der Waals surface area contributed by atoms with Crippen LogP contribution in [0.4, 0.5) is 0 Å². The Labute approximate surface area is 116 Å². The summed E-state index contributed by atoms with van der Waals surface area (Å²) in [5.74, 6) is 0.559. The summed E-state index contributed by atoms with van der Waals surface area (Å²) in [5.41, 5.74) is 2.75. The van der Waals surface area contributed by atoms with Gasteiger partial charge in [-0.1, -0.05) is 37.6 Å². The van der Waals surface area contributed by atoms with Crippen molar-refractivity contribution in [3.8, 4) is 0 Å². The van der Waals surface area contributed by atoms with Gasteiger partial charge in [0.25, 0.3) is 0 Å². The molecule has 2 unspecified atom stereocenters. The van der Waals surface area contributed by atoms with Crippen LogP contribution in [0.5, 0.6) is 0 Å². The topological polar surface area (TPSA) is 41.5 Å². The zero-order valence-corrected chi connectivity index (χ0v) is 11.8. The number of nitrogens with one attached hydrogen (secondary N) is 1. The van der Waals surface area contributed by atoms with Crippen molar-refractivity contribution >= 4 is 0 Å². The summed E-state index contributed by atoms with van der Waals surface area (Å²) < 4.78 is 5.87. The van der Waals surface area contributed by atoms with E-state index in [-0.39, 0.29) is 12.7 Å². The van der Waals surface area contributed by atoms with Gasteiger partial charge < -0.3 is 15.2 Å². The van der Waals surface area contributed by atoms with Crippen LogP contribution < -0.4 is 5.32 Å². The van der Waals surface area contributed by atoms with E-state index in [1.165, 1.54) is 11.1 Å². The number of aliphatic hydroxyl groups is 1. The molecule has 0 spiro atoms. The molecule has 106 valence electrons. The Balaban J connectivity index is 1.84. The Kier molecular flexibility index (Phi) is 5.83. The highest BCUT2D eigenvalue weighted by Crippen LogP contribution is 2.26. The molecule has 2 rings (SSSR count). The minimum absolute atomic E-state index is 0.177. The van der Waals surface area contributed by atoms with E-state index in [1.807, 2.05) is 0 Å². The van der Waals surface area contributed by atoms with Crippen LogP contribution in [-0.2, 0) is 11.2 Å². The van der Waals surface area contributed by atoms with E-state index in [0.717, 1.165) is 39.0 Å². The second kappa shape index (κ2) is 7.63. The third-order valence-corrected chi connectivity index (χ3v) is 3.97. The van der Waals surface area contributed by atoms with Gasteiger partial charge in [-0.25, -0.2) is 0 Å². The largest absolute Gasteiger partial charge is 0.396 e. The van der Waals surface area contributed by atoms with E-state index in [9.17, 15) is 0 Å². The molecule has 0 radical (unpaired) electrons. The monoisotopic (exact) mass is 263 g/mol. The van der Waals surface area contributed by atoms with Gasteiger partial charge in [0.05, 0.1) is 12.7 Å². The predicted molar refractivity (Wildman–Crippen MR) is 77.2 cm³/mol. The molecule has 1 aromatic rings. The predicted octanol–water partition coefficient (Wildman–Crippen LogP) is 2.30. The fourth-order valence-corrected chi connectivity index (χ4v) is 2.70. The molecule has 2 atom stereocenters. The van der Waals surface area contributed by atoms with E-state index in [0.29, 0.717) is 5.92 Å². The van der Waals surface area contributed by atoms with Gasteiger partial charge in [0, 0.05) is 13.2 Å². The summed E-state index contributed by atoms with van der Waals surface area (Å²) in [5, 5.41) is 12.5. The molecule has 0 saturated heterocycles. The fourth-order valence-electron chi connectivity index (χ4n) is 2.70. The zero-order chi connectivity index (χ0) is 13.5. The Morgan fingerprint density at radius 3 is 3.05 bits per heavy atom. The molecule has 1 heterocycles. The lowest BCUT2D eigenvalue weighted by Gasteiger charge is -2.27. The summed E-state index contributed by atoms with van der Waals surface area (Å²) in [6.07, 6.45) is 3.19. The molecule has 0 aromatic heterocycles. The van der Waals surface area contributed by atoms with Crippen LogP contribution in [-0.4, -0.2) is 31.4 Å². The molecule has 0 fully saturated rings. The maximum absolute atomic E-state index is 8.99. The third-order valence-electron chi connectivity index (χ3n) is 3.97. The molecule has 19 heavy (non-hydrogen) atoms. The number of hydrogen-bond donors (Lipinski definition) is 2. The van der Waals surface area contributed by atoms with Gasteiger partial charge in [-0.3, -0.25) is 0 Å². The van der Waals surface area contributed by atoms with Gasteiger partial charge in [0.1, 0.15) is 0 Å². The first-order valence-corrected chi connectivity index (χ1v) is 7.36. The molecule has 0 saturated carbocycles. The van der Waals surface area contributed by atoms with Crippen LogP contribution in [0.3, 0.4) is 0 Å². The van der Waals surface area contributed by atoms with Gasteiger partial charge in [-0.05, 0) is 36.4 Å². The van der Waals surface area contributed by atoms with Gasteiger partial charge in [-0.15, -0.1) is 0 Å². The van der Waals surface area contributed by atoms with Crippen LogP contribution in [0, 0.1) is 5.92 Å². The summed E-state index contributed by atoms with van der Waals surface area (Å²) in [7, 11) is 0. The Hall–Kier alpha value is -0.900. The van der Waals surface area contributed by atoms with Crippen LogP contribution in [0.25, 0.3) is 0 Å². The molecule has 1 aromatic carbocycles. The minimum atomic E-state index is 0.177. The average molecular weight is 263 g/mol. The smallest absolute Gasteiger partial charge is 0.0952 e. The maximum Gasteiger partial charge on any atom is 0.0952 e. The lowest BCUT2D eigenvalue weighted by molar-refractivity contribution is 0.0417. The Bertz CT molecular complexity index is 381. The standard InChI is InChI=1S/C16H25NO2/c1-2-13(7-9-18)11-17-12-16-15-6-4-3-5-14(15)8-10-19-16/h3-6,13,16-18H,2,7-12H2,1H3. The van der Waals surface area contributed by atoms with Gasteiger partial charge in [0.15, 0.2) is 0 Å². The second-order valence-electron chi connectivity index (χ2n) is 5.25. The normalized spacial score (nSPS) is 20.0. The van der Waals surface area contributed by atoms with Crippen molar-refractivity contribution in [2.45, 2.75) is 32.3 Å². The quantitative estimate of drug-likeness (QED) is 0.793. The number of benzene rings is 1.